The van der Waals surface area contributed by atoms with Gasteiger partial charge in [0, 0.05) is 32.0 Å². The third-order valence-electron chi connectivity index (χ3n) is 14.4. The van der Waals surface area contributed by atoms with Crippen molar-refractivity contribution in [3.63, 3.8) is 0 Å². The van der Waals surface area contributed by atoms with Gasteiger partial charge in [-0.3, -0.25) is 0 Å². The van der Waals surface area contributed by atoms with E-state index in [1.807, 2.05) is 77.9 Å². The van der Waals surface area contributed by atoms with Crippen molar-refractivity contribution in [1.29, 1.82) is 0 Å². The second-order valence-electron chi connectivity index (χ2n) is 21.1. The Morgan fingerprint density at radius 2 is 0.622 bits per heavy atom. The van der Waals surface area contributed by atoms with Gasteiger partial charge in [0.25, 0.3) is 5.84 Å². The molecule has 0 bridgehead atoms. The quantitative estimate of drug-likeness (QED) is 0.0454. The van der Waals surface area contributed by atoms with Gasteiger partial charge in [-0.2, -0.15) is 0 Å². The van der Waals surface area contributed by atoms with Crippen LogP contribution in [-0.2, 0) is 72.0 Å². The van der Waals surface area contributed by atoms with Crippen LogP contribution in [0.25, 0.3) is 0 Å². The maximum absolute atomic E-state index is 6.07. The molecule has 0 spiro atoms. The number of hydrogen-bond donors (Lipinski definition) is 0. The Balaban J connectivity index is 0.000000623. The number of benzene rings is 9. The summed E-state index contributed by atoms with van der Waals surface area (Å²) in [4.78, 5) is 0. The van der Waals surface area contributed by atoms with Crippen molar-refractivity contribution in [2.75, 3.05) is 78.6 Å². The zero-order valence-electron chi connectivity index (χ0n) is 59.1. The molecular formula is C77H100Br2ClNaO8P6S3. The molecule has 0 amide bonds. The van der Waals surface area contributed by atoms with Gasteiger partial charge in [-0.05, 0) is 197 Å². The molecule has 526 valence electrons. The largest absolute Gasteiger partial charge is 1.00 e. The van der Waals surface area contributed by atoms with E-state index < -0.39 is 40.9 Å². The number of halogens is 3. The molecule has 0 unspecified atom stereocenters. The predicted octanol–water partition coefficient (Wildman–Crippen LogP) is 9.85. The average Bonchev–Trinajstić information content (AvgIpc) is 0.987. The van der Waals surface area contributed by atoms with Crippen molar-refractivity contribution in [3.8, 4) is 0 Å². The van der Waals surface area contributed by atoms with Crippen molar-refractivity contribution in [3.05, 3.63) is 279 Å². The van der Waals surface area contributed by atoms with E-state index in [1.54, 1.807) is 0 Å². The summed E-state index contributed by atoms with van der Waals surface area (Å²) >= 11 is 22.1. The third-order valence-corrected chi connectivity index (χ3v) is 37.3. The van der Waals surface area contributed by atoms with Crippen molar-refractivity contribution in [2.24, 2.45) is 0 Å². The first-order valence-corrected chi connectivity index (χ1v) is 47.6. The van der Waals surface area contributed by atoms with Gasteiger partial charge >= 0.3 is 29.6 Å². The summed E-state index contributed by atoms with van der Waals surface area (Å²) in [6.45, 7) is 14.3. The Morgan fingerprint density at radius 1 is 0.388 bits per heavy atom. The second-order valence-corrected chi connectivity index (χ2v) is 43.3. The number of hydrogen-bond acceptors (Lipinski definition) is 11. The molecule has 2 fully saturated rings. The summed E-state index contributed by atoms with van der Waals surface area (Å²) in [5, 5.41) is 10.7. The maximum Gasteiger partial charge on any atom is 1.00 e. The molecule has 9 aromatic carbocycles. The summed E-state index contributed by atoms with van der Waals surface area (Å²) in [6.07, 6.45) is 5.11. The van der Waals surface area contributed by atoms with Gasteiger partial charge in [0.2, 0.25) is 13.0 Å². The summed E-state index contributed by atoms with van der Waals surface area (Å²) in [7, 11) is -2.53. The average molecular weight is 1650 g/mol. The van der Waals surface area contributed by atoms with Crippen LogP contribution in [0.5, 0.6) is 0 Å². The first kappa shape index (κ1) is 92.1. The molecule has 2 saturated heterocycles. The van der Waals surface area contributed by atoms with E-state index >= 15 is 0 Å². The van der Waals surface area contributed by atoms with Crippen LogP contribution in [-0.4, -0.2) is 84.2 Å². The molecule has 0 atom stereocenters. The Kier molecular flexibility index (Phi) is 50.5. The van der Waals surface area contributed by atoms with Crippen LogP contribution in [0.15, 0.2) is 279 Å². The smallest absolute Gasteiger partial charge is 1.00 e. The van der Waals surface area contributed by atoms with Crippen LogP contribution in [0.4, 0.5) is 0 Å². The van der Waals surface area contributed by atoms with Crippen molar-refractivity contribution >= 4 is 136 Å². The van der Waals surface area contributed by atoms with E-state index in [1.165, 1.54) is 68.1 Å². The molecule has 21 heteroatoms. The van der Waals surface area contributed by atoms with Gasteiger partial charge in [-0.1, -0.05) is 218 Å². The molecule has 2 aliphatic rings. The number of ether oxygens (including phenoxy) is 2. The normalized spacial score (nSPS) is 12.4. The molecule has 0 aromatic heterocycles. The minimum Gasteiger partial charge on any atom is -1.00 e. The first-order chi connectivity index (χ1) is 46.3. The van der Waals surface area contributed by atoms with E-state index in [-0.39, 0.29) is 64.9 Å². The maximum atomic E-state index is 6.07. The van der Waals surface area contributed by atoms with Crippen LogP contribution in [0, 0.1) is 0 Å². The minimum absolute atomic E-state index is 0. The molecule has 2 aliphatic heterocycles. The summed E-state index contributed by atoms with van der Waals surface area (Å²) in [5.74, 6) is -1.56. The number of rotatable bonds is 23. The monoisotopic (exact) mass is 1650 g/mol. The van der Waals surface area contributed by atoms with Crippen molar-refractivity contribution < 1.29 is 102 Å². The van der Waals surface area contributed by atoms with E-state index in [0.29, 0.717) is 39.6 Å². The van der Waals surface area contributed by atoms with Crippen LogP contribution >= 0.6 is 52.1 Å². The molecule has 8 nitrogen and oxygen atoms in total. The van der Waals surface area contributed by atoms with Gasteiger partial charge in [-0.25, -0.2) is 0 Å². The van der Waals surface area contributed by atoms with Crippen LogP contribution in [0.3, 0.4) is 0 Å². The van der Waals surface area contributed by atoms with Crippen LogP contribution < -0.4 is 106 Å². The van der Waals surface area contributed by atoms with Crippen LogP contribution in [0.2, 0.25) is 0 Å². The molecule has 0 aliphatic carbocycles. The predicted molar refractivity (Wildman–Crippen MR) is 434 cm³/mol. The zero-order valence-corrected chi connectivity index (χ0v) is 72.0. The minimum atomic E-state index is -2.58. The molecular weight excluding hydrogens is 1550 g/mol. The molecule has 0 saturated carbocycles. The Labute approximate surface area is 655 Å². The summed E-state index contributed by atoms with van der Waals surface area (Å²) < 4.78 is 43.6. The van der Waals surface area contributed by atoms with Crippen molar-refractivity contribution in [1.82, 2.24) is 0 Å². The van der Waals surface area contributed by atoms with Gasteiger partial charge in [0.15, 0.2) is 0 Å². The molecule has 9 aromatic rings. The van der Waals surface area contributed by atoms with E-state index in [9.17, 15) is 0 Å². The van der Waals surface area contributed by atoms with Gasteiger partial charge in [0.1, 0.15) is 29.1 Å². The summed E-state index contributed by atoms with van der Waals surface area (Å²) in [6, 6.07) is 97.8. The molecule has 0 radical (unpaired) electrons. The second kappa shape index (κ2) is 53.7. The van der Waals surface area contributed by atoms with Crippen LogP contribution in [0.1, 0.15) is 68.7 Å². The standard InChI is InChI=1S/C23H26O2P2S.C19H18P.C17H22O2P2S.C6H6.C4H10ClO2PS.2C4H8O.2BrH.Na.H/c1-3-24-27(28,25-4-2)20-26(21-14-8-5-9-15-21,22-16-10-6-11-17-22)23-18-12-7-13-19-23;1-20(17-11-5-2-6-12-17,18-13-7-3-8-14-18)19-15-9-4-10-16-19;1-3-18-21(22,19-4-2)15-20(16-11-7-5-8-12-16)17-13-9-6-10-14-17;1-2-4-6-5-3-1;1-3-6-8(5,9)7-4-2;2*1-2-4-5-3-1;;;;/h5-20H,3-4H2,1-2H3;2-16H,1H3;5-14H,3-4,15H2,1-2H3;1-6H;3-4H2,1-2H3;2*1-4H2;2*1H;;/q;+1;;;;;;;;+1;-1/p-1. The molecule has 0 N–H and O–H groups in total. The summed E-state index contributed by atoms with van der Waals surface area (Å²) in [5.41, 5.74) is 2.25. The molecule has 11 rings (SSSR count). The fourth-order valence-electron chi connectivity index (χ4n) is 10.0. The Morgan fingerprint density at radius 3 is 0.857 bits per heavy atom. The molecule has 2 heterocycles. The first-order valence-electron chi connectivity index (χ1n) is 32.7. The van der Waals surface area contributed by atoms with E-state index in [4.69, 9.17) is 83.3 Å². The molecule has 98 heavy (non-hydrogen) atoms. The van der Waals surface area contributed by atoms with E-state index in [2.05, 4.69) is 255 Å². The van der Waals surface area contributed by atoms with Gasteiger partial charge in [-0.15, -0.1) is 0 Å². The fraction of sp³-hybridized carbons (Fsp3) is 0.286. The van der Waals surface area contributed by atoms with Gasteiger partial charge in [0.05, 0.1) is 64.8 Å². The van der Waals surface area contributed by atoms with Crippen molar-refractivity contribution in [2.45, 2.75) is 67.2 Å². The van der Waals surface area contributed by atoms with E-state index in [0.717, 1.165) is 32.3 Å². The van der Waals surface area contributed by atoms with Gasteiger partial charge < -0.3 is 72.0 Å². The topological polar surface area (TPSA) is 73.8 Å². The Bertz CT molecular complexity index is 3310. The zero-order chi connectivity index (χ0) is 68.2. The third kappa shape index (κ3) is 33.0. The SMILES string of the molecule is C1CCOC1.C1CCOC1.CCOP(=S)(C=P(c1ccccc1)(c1ccccc1)c1ccccc1)OCC.CCOP(=S)(C[PH+](c1ccccc1)c1ccccc1)OCC.CCOP(=S)(Cl)OCC.C[P+](c1ccccc1)(c1ccccc1)c1ccccc1.[Br-].[Br-].[H-].[Na+].c1ccccc1. The Hall–Kier alpha value is -1.98. The fourth-order valence-corrected chi connectivity index (χ4v) is 32.4.